The molecular weight excluding hydrogens is 233 g/mol. The van der Waals surface area contributed by atoms with Crippen LogP contribution < -0.4 is 5.32 Å². The molecule has 0 aromatic heterocycles. The van der Waals surface area contributed by atoms with E-state index in [9.17, 15) is 9.18 Å². The zero-order valence-corrected chi connectivity index (χ0v) is 10.4. The van der Waals surface area contributed by atoms with Crippen LogP contribution in [0.15, 0.2) is 18.2 Å². The van der Waals surface area contributed by atoms with E-state index >= 15 is 0 Å². The Balaban J connectivity index is 2.15. The van der Waals surface area contributed by atoms with Crippen LogP contribution in [0.4, 0.5) is 10.1 Å². The first-order valence-electron chi connectivity index (χ1n) is 6.35. The van der Waals surface area contributed by atoms with Crippen LogP contribution in [0, 0.1) is 11.7 Å². The Kier molecular flexibility index (Phi) is 3.84. The van der Waals surface area contributed by atoms with Crippen LogP contribution in [0.3, 0.4) is 0 Å². The molecule has 1 aromatic rings. The molecule has 0 amide bonds. The lowest BCUT2D eigenvalue weighted by molar-refractivity contribution is 0.0697. The molecule has 1 saturated carbocycles. The largest absolute Gasteiger partial charge is 0.478 e. The third-order valence-electron chi connectivity index (χ3n) is 3.51. The third kappa shape index (κ3) is 3.00. The number of halogens is 1. The Labute approximate surface area is 106 Å². The van der Waals surface area contributed by atoms with E-state index in [4.69, 9.17) is 5.11 Å². The summed E-state index contributed by atoms with van der Waals surface area (Å²) < 4.78 is 13.1. The van der Waals surface area contributed by atoms with Gasteiger partial charge < -0.3 is 10.4 Å². The van der Waals surface area contributed by atoms with Gasteiger partial charge in [0, 0.05) is 11.7 Å². The number of hydrogen-bond acceptors (Lipinski definition) is 2. The van der Waals surface area contributed by atoms with Gasteiger partial charge in [0.05, 0.1) is 5.56 Å². The number of anilines is 1. The topological polar surface area (TPSA) is 49.3 Å². The molecule has 0 spiro atoms. The molecule has 1 fully saturated rings. The minimum absolute atomic E-state index is 0.00762. The molecule has 3 nitrogen and oxygen atoms in total. The molecule has 2 rings (SSSR count). The van der Waals surface area contributed by atoms with Crippen LogP contribution in [0.2, 0.25) is 0 Å². The first-order chi connectivity index (χ1) is 8.56. The van der Waals surface area contributed by atoms with E-state index in [2.05, 4.69) is 12.2 Å². The Morgan fingerprint density at radius 3 is 2.89 bits per heavy atom. The molecule has 1 aliphatic rings. The molecule has 0 heterocycles. The van der Waals surface area contributed by atoms with Gasteiger partial charge in [0.25, 0.3) is 0 Å². The van der Waals surface area contributed by atoms with Crippen molar-refractivity contribution in [2.75, 3.05) is 5.32 Å². The Morgan fingerprint density at radius 1 is 1.44 bits per heavy atom. The monoisotopic (exact) mass is 251 g/mol. The summed E-state index contributed by atoms with van der Waals surface area (Å²) in [6.07, 6.45) is 4.47. The average Bonchev–Trinajstić information content (AvgIpc) is 2.31. The van der Waals surface area contributed by atoms with E-state index in [1.165, 1.54) is 18.6 Å². The molecule has 4 heteroatoms. The number of rotatable bonds is 3. The highest BCUT2D eigenvalue weighted by Gasteiger charge is 2.20. The maximum atomic E-state index is 13.1. The zero-order valence-electron chi connectivity index (χ0n) is 10.4. The number of nitrogens with one attached hydrogen (secondary N) is 1. The van der Waals surface area contributed by atoms with Crippen LogP contribution in [0.25, 0.3) is 0 Å². The highest BCUT2D eigenvalue weighted by Crippen LogP contribution is 2.27. The Hall–Kier alpha value is -1.58. The number of carboxylic acids is 1. The lowest BCUT2D eigenvalue weighted by atomic mass is 9.87. The summed E-state index contributed by atoms with van der Waals surface area (Å²) in [5.41, 5.74) is 0.524. The van der Waals surface area contributed by atoms with Crippen molar-refractivity contribution in [3.8, 4) is 0 Å². The Bertz CT molecular complexity index is 447. The summed E-state index contributed by atoms with van der Waals surface area (Å²) >= 11 is 0. The van der Waals surface area contributed by atoms with E-state index in [1.54, 1.807) is 0 Å². The summed E-state index contributed by atoms with van der Waals surface area (Å²) in [6, 6.07) is 4.16. The van der Waals surface area contributed by atoms with Crippen LogP contribution in [-0.4, -0.2) is 17.1 Å². The molecule has 1 aliphatic carbocycles. The average molecular weight is 251 g/mol. The minimum atomic E-state index is -1.10. The fraction of sp³-hybridized carbons (Fsp3) is 0.500. The number of aromatic carboxylic acids is 1. The van der Waals surface area contributed by atoms with Crippen molar-refractivity contribution >= 4 is 11.7 Å². The number of benzene rings is 1. The fourth-order valence-electron chi connectivity index (χ4n) is 2.60. The van der Waals surface area contributed by atoms with Gasteiger partial charge in [-0.05, 0) is 37.0 Å². The van der Waals surface area contributed by atoms with Crippen molar-refractivity contribution in [2.45, 2.75) is 38.6 Å². The number of carboxylic acid groups (broad SMARTS) is 1. The van der Waals surface area contributed by atoms with Gasteiger partial charge >= 0.3 is 5.97 Å². The van der Waals surface area contributed by atoms with Gasteiger partial charge in [0.1, 0.15) is 5.82 Å². The van der Waals surface area contributed by atoms with Crippen LogP contribution in [0.5, 0.6) is 0 Å². The summed E-state index contributed by atoms with van der Waals surface area (Å²) in [6.45, 7) is 2.20. The fourth-order valence-corrected chi connectivity index (χ4v) is 2.60. The van der Waals surface area contributed by atoms with Gasteiger partial charge in [-0.2, -0.15) is 0 Å². The molecular formula is C14H18FNO2. The van der Waals surface area contributed by atoms with Crippen molar-refractivity contribution in [3.05, 3.63) is 29.6 Å². The van der Waals surface area contributed by atoms with Gasteiger partial charge in [-0.25, -0.2) is 9.18 Å². The van der Waals surface area contributed by atoms with Gasteiger partial charge in [-0.15, -0.1) is 0 Å². The number of carbonyl (C=O) groups is 1. The maximum Gasteiger partial charge on any atom is 0.337 e. The third-order valence-corrected chi connectivity index (χ3v) is 3.51. The molecule has 0 aliphatic heterocycles. The first-order valence-corrected chi connectivity index (χ1v) is 6.35. The van der Waals surface area contributed by atoms with Crippen molar-refractivity contribution in [2.24, 2.45) is 5.92 Å². The van der Waals surface area contributed by atoms with Crippen molar-refractivity contribution < 1.29 is 14.3 Å². The first kappa shape index (κ1) is 12.9. The number of hydrogen-bond donors (Lipinski definition) is 2. The van der Waals surface area contributed by atoms with E-state index in [1.807, 2.05) is 0 Å². The van der Waals surface area contributed by atoms with Gasteiger partial charge in [-0.1, -0.05) is 19.8 Å². The summed E-state index contributed by atoms with van der Waals surface area (Å²) in [7, 11) is 0. The maximum absolute atomic E-state index is 13.1. The Morgan fingerprint density at radius 2 is 2.22 bits per heavy atom. The minimum Gasteiger partial charge on any atom is -0.478 e. The molecule has 0 radical (unpaired) electrons. The van der Waals surface area contributed by atoms with Crippen LogP contribution in [0.1, 0.15) is 43.0 Å². The lowest BCUT2D eigenvalue weighted by Gasteiger charge is -2.28. The predicted molar refractivity (Wildman–Crippen MR) is 68.4 cm³/mol. The molecule has 2 unspecified atom stereocenters. The van der Waals surface area contributed by atoms with E-state index < -0.39 is 11.8 Å². The van der Waals surface area contributed by atoms with Crippen molar-refractivity contribution in [1.29, 1.82) is 0 Å². The summed E-state index contributed by atoms with van der Waals surface area (Å²) in [4.78, 5) is 11.1. The second-order valence-electron chi connectivity index (χ2n) is 5.11. The van der Waals surface area contributed by atoms with E-state index in [0.29, 0.717) is 11.6 Å². The molecule has 0 saturated heterocycles. The van der Waals surface area contributed by atoms with Crippen molar-refractivity contribution in [1.82, 2.24) is 0 Å². The predicted octanol–water partition coefficient (Wildman–Crippen LogP) is 3.51. The van der Waals surface area contributed by atoms with Gasteiger partial charge in [-0.3, -0.25) is 0 Å². The molecule has 2 N–H and O–H groups in total. The normalized spacial score (nSPS) is 23.7. The quantitative estimate of drug-likeness (QED) is 0.864. The zero-order chi connectivity index (χ0) is 13.1. The van der Waals surface area contributed by atoms with Gasteiger partial charge in [0.15, 0.2) is 0 Å². The van der Waals surface area contributed by atoms with Crippen LogP contribution >= 0.6 is 0 Å². The molecule has 1 aromatic carbocycles. The standard InChI is InChI=1S/C14H18FNO2/c1-9-3-2-4-11(7-9)16-13-6-5-10(15)8-12(13)14(17)18/h5-6,8-9,11,16H,2-4,7H2,1H3,(H,17,18). The second-order valence-corrected chi connectivity index (χ2v) is 5.11. The molecule has 18 heavy (non-hydrogen) atoms. The van der Waals surface area contributed by atoms with E-state index in [0.717, 1.165) is 25.3 Å². The highest BCUT2D eigenvalue weighted by atomic mass is 19.1. The summed E-state index contributed by atoms with van der Waals surface area (Å²) in [5.74, 6) is -0.958. The van der Waals surface area contributed by atoms with E-state index in [-0.39, 0.29) is 11.6 Å². The molecule has 98 valence electrons. The second kappa shape index (κ2) is 5.38. The van der Waals surface area contributed by atoms with Crippen molar-refractivity contribution in [3.63, 3.8) is 0 Å². The SMILES string of the molecule is CC1CCCC(Nc2ccc(F)cc2C(=O)O)C1. The lowest BCUT2D eigenvalue weighted by Crippen LogP contribution is -2.27. The van der Waals surface area contributed by atoms with Gasteiger partial charge in [0.2, 0.25) is 0 Å². The molecule has 2 atom stereocenters. The smallest absolute Gasteiger partial charge is 0.337 e. The highest BCUT2D eigenvalue weighted by molar-refractivity contribution is 5.94. The molecule has 0 bridgehead atoms. The van der Waals surface area contributed by atoms with Crippen LogP contribution in [-0.2, 0) is 0 Å². The summed E-state index contributed by atoms with van der Waals surface area (Å²) in [5, 5.41) is 12.3.